The van der Waals surface area contributed by atoms with Gasteiger partial charge in [-0.15, -0.1) is 0 Å². The first-order valence-corrected chi connectivity index (χ1v) is 9.68. The van der Waals surface area contributed by atoms with E-state index in [2.05, 4.69) is 10.1 Å². The van der Waals surface area contributed by atoms with Crippen LogP contribution in [0, 0.1) is 5.92 Å². The maximum atomic E-state index is 13.0. The first kappa shape index (κ1) is 23.4. The number of esters is 2. The van der Waals surface area contributed by atoms with Gasteiger partial charge in [0, 0.05) is 17.0 Å². The smallest absolute Gasteiger partial charge is 0.387 e. The SMILES string of the molecule is CC[C@H](C)COC(=O)C1=C(C)NC(C)=C(C(=O)OC)C1c1ccccc1OC(F)F. The molecule has 2 atom stereocenters. The van der Waals surface area contributed by atoms with Gasteiger partial charge in [0.15, 0.2) is 0 Å². The molecule has 8 heteroatoms. The van der Waals surface area contributed by atoms with Gasteiger partial charge in [-0.1, -0.05) is 38.5 Å². The molecule has 2 rings (SSSR count). The van der Waals surface area contributed by atoms with Crippen molar-refractivity contribution < 1.29 is 32.6 Å². The van der Waals surface area contributed by atoms with Crippen molar-refractivity contribution in [1.29, 1.82) is 0 Å². The van der Waals surface area contributed by atoms with Crippen LogP contribution in [0.15, 0.2) is 46.8 Å². The third-order valence-electron chi connectivity index (χ3n) is 5.03. The molecule has 0 bridgehead atoms. The number of methoxy groups -OCH3 is 1. The second-order valence-corrected chi connectivity index (χ2v) is 7.16. The van der Waals surface area contributed by atoms with Crippen molar-refractivity contribution in [2.24, 2.45) is 5.92 Å². The van der Waals surface area contributed by atoms with Crippen LogP contribution in [0.3, 0.4) is 0 Å². The summed E-state index contributed by atoms with van der Waals surface area (Å²) < 4.78 is 41.1. The summed E-state index contributed by atoms with van der Waals surface area (Å²) in [5.74, 6) is -2.29. The lowest BCUT2D eigenvalue weighted by Crippen LogP contribution is -2.33. The van der Waals surface area contributed by atoms with E-state index in [0.717, 1.165) is 6.42 Å². The van der Waals surface area contributed by atoms with Gasteiger partial charge in [-0.2, -0.15) is 8.78 Å². The number of carbonyl (C=O) groups excluding carboxylic acids is 2. The van der Waals surface area contributed by atoms with Gasteiger partial charge in [-0.05, 0) is 25.8 Å². The van der Waals surface area contributed by atoms with Crippen molar-refractivity contribution in [3.63, 3.8) is 0 Å². The molecule has 164 valence electrons. The molecule has 1 aromatic rings. The van der Waals surface area contributed by atoms with Crippen LogP contribution in [0.4, 0.5) is 8.78 Å². The molecule has 0 spiro atoms. The number of para-hydroxylation sites is 1. The maximum absolute atomic E-state index is 13.0. The number of allylic oxidation sites excluding steroid dienone is 2. The van der Waals surface area contributed by atoms with Crippen LogP contribution in [-0.2, 0) is 19.1 Å². The highest BCUT2D eigenvalue weighted by atomic mass is 19.3. The molecule has 0 fully saturated rings. The Labute approximate surface area is 174 Å². The molecule has 1 unspecified atom stereocenters. The Morgan fingerprint density at radius 1 is 1.10 bits per heavy atom. The highest BCUT2D eigenvalue weighted by Gasteiger charge is 2.39. The quantitative estimate of drug-likeness (QED) is 0.629. The number of nitrogens with one attached hydrogen (secondary N) is 1. The number of hydrogen-bond acceptors (Lipinski definition) is 6. The number of alkyl halides is 2. The maximum Gasteiger partial charge on any atom is 0.387 e. The second kappa shape index (κ2) is 10.2. The summed E-state index contributed by atoms with van der Waals surface area (Å²) in [4.78, 5) is 25.6. The van der Waals surface area contributed by atoms with Crippen LogP contribution < -0.4 is 10.1 Å². The summed E-state index contributed by atoms with van der Waals surface area (Å²) in [7, 11) is 1.22. The summed E-state index contributed by atoms with van der Waals surface area (Å²) in [6.45, 7) is 4.38. The van der Waals surface area contributed by atoms with Gasteiger partial charge in [-0.3, -0.25) is 0 Å². The van der Waals surface area contributed by atoms with Gasteiger partial charge >= 0.3 is 18.6 Å². The van der Waals surface area contributed by atoms with Gasteiger partial charge in [0.25, 0.3) is 0 Å². The molecule has 0 saturated heterocycles. The van der Waals surface area contributed by atoms with Crippen LogP contribution >= 0.6 is 0 Å². The molecule has 1 N–H and O–H groups in total. The fraction of sp³-hybridized carbons (Fsp3) is 0.455. The molecule has 0 saturated carbocycles. The fourth-order valence-electron chi connectivity index (χ4n) is 3.29. The van der Waals surface area contributed by atoms with Crippen molar-refractivity contribution in [3.05, 3.63) is 52.4 Å². The van der Waals surface area contributed by atoms with E-state index in [1.54, 1.807) is 26.0 Å². The van der Waals surface area contributed by atoms with E-state index in [4.69, 9.17) is 9.47 Å². The fourth-order valence-corrected chi connectivity index (χ4v) is 3.29. The minimum atomic E-state index is -3.06. The van der Waals surface area contributed by atoms with Crippen molar-refractivity contribution in [2.75, 3.05) is 13.7 Å². The van der Waals surface area contributed by atoms with Gasteiger partial charge in [-0.25, -0.2) is 9.59 Å². The third kappa shape index (κ3) is 5.17. The lowest BCUT2D eigenvalue weighted by atomic mass is 9.80. The minimum absolute atomic E-state index is 0.129. The highest BCUT2D eigenvalue weighted by Crippen LogP contribution is 2.43. The van der Waals surface area contributed by atoms with Gasteiger partial charge in [0.05, 0.1) is 30.8 Å². The molecular weight excluding hydrogens is 396 g/mol. The second-order valence-electron chi connectivity index (χ2n) is 7.16. The summed E-state index contributed by atoms with van der Waals surface area (Å²) in [6, 6.07) is 6.07. The molecule has 1 aromatic carbocycles. The Balaban J connectivity index is 2.61. The van der Waals surface area contributed by atoms with Gasteiger partial charge < -0.3 is 19.5 Å². The van der Waals surface area contributed by atoms with Crippen LogP contribution in [0.1, 0.15) is 45.6 Å². The van der Waals surface area contributed by atoms with Crippen LogP contribution in [0.5, 0.6) is 5.75 Å². The number of benzene rings is 1. The lowest BCUT2D eigenvalue weighted by Gasteiger charge is -2.31. The number of ether oxygens (including phenoxy) is 3. The monoisotopic (exact) mass is 423 g/mol. The largest absolute Gasteiger partial charge is 0.466 e. The van der Waals surface area contributed by atoms with E-state index < -0.39 is 24.5 Å². The van der Waals surface area contributed by atoms with E-state index in [0.29, 0.717) is 11.4 Å². The predicted octanol–water partition coefficient (Wildman–Crippen LogP) is 4.29. The third-order valence-corrected chi connectivity index (χ3v) is 5.03. The van der Waals surface area contributed by atoms with Gasteiger partial charge in [0.2, 0.25) is 0 Å². The molecule has 0 radical (unpaired) electrons. The average molecular weight is 423 g/mol. The number of halogens is 2. The first-order valence-electron chi connectivity index (χ1n) is 9.68. The van der Waals surface area contributed by atoms with Crippen LogP contribution in [0.25, 0.3) is 0 Å². The minimum Gasteiger partial charge on any atom is -0.466 e. The number of rotatable bonds is 8. The standard InChI is InChI=1S/C22H27F2NO5/c1-6-12(2)11-29-21(27)18-14(4)25-13(3)17(20(26)28-5)19(18)15-9-7-8-10-16(15)30-22(23)24/h7-10,12,19,22,25H,6,11H2,1-5H3/t12-,19?/m0/s1. The molecule has 0 amide bonds. The molecule has 0 aromatic heterocycles. The van der Waals surface area contributed by atoms with Gasteiger partial charge in [0.1, 0.15) is 5.75 Å². The van der Waals surface area contributed by atoms with E-state index in [1.165, 1.54) is 19.2 Å². The molecule has 0 aliphatic carbocycles. The Morgan fingerprint density at radius 3 is 2.27 bits per heavy atom. The van der Waals surface area contributed by atoms with Crippen molar-refractivity contribution in [3.8, 4) is 5.75 Å². The van der Waals surface area contributed by atoms with Crippen LogP contribution in [0.2, 0.25) is 0 Å². The normalized spacial score (nSPS) is 17.5. The van der Waals surface area contributed by atoms with Crippen molar-refractivity contribution >= 4 is 11.9 Å². The van der Waals surface area contributed by atoms with E-state index in [-0.39, 0.29) is 35.0 Å². The average Bonchev–Trinajstić information content (AvgIpc) is 2.70. The Hall–Kier alpha value is -2.90. The summed E-state index contributed by atoms with van der Waals surface area (Å²) in [5.41, 5.74) is 1.44. The van der Waals surface area contributed by atoms with Crippen molar-refractivity contribution in [1.82, 2.24) is 5.32 Å². The summed E-state index contributed by atoms with van der Waals surface area (Å²) in [6.07, 6.45) is 0.824. The number of hydrogen-bond donors (Lipinski definition) is 1. The zero-order valence-electron chi connectivity index (χ0n) is 17.8. The number of carbonyl (C=O) groups is 2. The topological polar surface area (TPSA) is 73.9 Å². The molecule has 30 heavy (non-hydrogen) atoms. The molecule has 6 nitrogen and oxygen atoms in total. The van der Waals surface area contributed by atoms with E-state index >= 15 is 0 Å². The van der Waals surface area contributed by atoms with Crippen LogP contribution in [-0.4, -0.2) is 32.3 Å². The summed E-state index contributed by atoms with van der Waals surface area (Å²) >= 11 is 0. The summed E-state index contributed by atoms with van der Waals surface area (Å²) in [5, 5.41) is 3.01. The van der Waals surface area contributed by atoms with E-state index in [9.17, 15) is 18.4 Å². The first-order chi connectivity index (χ1) is 14.2. The predicted molar refractivity (Wildman–Crippen MR) is 107 cm³/mol. The number of dihydropyridines is 1. The molecule has 1 aliphatic heterocycles. The lowest BCUT2D eigenvalue weighted by molar-refractivity contribution is -0.140. The zero-order valence-corrected chi connectivity index (χ0v) is 17.8. The highest BCUT2D eigenvalue weighted by molar-refractivity contribution is 6.00. The van der Waals surface area contributed by atoms with E-state index in [1.807, 2.05) is 13.8 Å². The van der Waals surface area contributed by atoms with Crippen molar-refractivity contribution in [2.45, 2.75) is 46.6 Å². The Kier molecular flexibility index (Phi) is 7.97. The Bertz CT molecular complexity index is 863. The zero-order chi connectivity index (χ0) is 22.4. The Morgan fingerprint density at radius 2 is 1.70 bits per heavy atom. The molecule has 1 heterocycles. The molecule has 1 aliphatic rings. The molecular formula is C22H27F2NO5.